The molecular weight excluding hydrogens is 142 g/mol. The van der Waals surface area contributed by atoms with Gasteiger partial charge in [-0.2, -0.15) is 0 Å². The Morgan fingerprint density at radius 3 is 2.73 bits per heavy atom. The van der Waals surface area contributed by atoms with Gasteiger partial charge in [0.2, 0.25) is 0 Å². The summed E-state index contributed by atoms with van der Waals surface area (Å²) in [5.41, 5.74) is 0.366. The zero-order valence-corrected chi connectivity index (χ0v) is 6.72. The van der Waals surface area contributed by atoms with Crippen LogP contribution in [0.25, 0.3) is 0 Å². The minimum Gasteiger partial charge on any atom is -0.465 e. The molecule has 1 saturated carbocycles. The number of carbonyl (C=O) groups excluding carboxylic acids is 1. The van der Waals surface area contributed by atoms with E-state index in [0.717, 1.165) is 0 Å². The summed E-state index contributed by atoms with van der Waals surface area (Å²) in [4.78, 5) is 10.8. The van der Waals surface area contributed by atoms with Gasteiger partial charge in [-0.05, 0) is 25.7 Å². The van der Waals surface area contributed by atoms with E-state index in [1.165, 1.54) is 12.8 Å². The van der Waals surface area contributed by atoms with E-state index in [9.17, 15) is 4.79 Å². The molecule has 1 fully saturated rings. The smallest absolute Gasteiger partial charge is 0.311 e. The summed E-state index contributed by atoms with van der Waals surface area (Å²) in [5, 5.41) is 7.03. The van der Waals surface area contributed by atoms with Crippen LogP contribution in [0.4, 0.5) is 0 Å². The first kappa shape index (κ1) is 8.24. The lowest BCUT2D eigenvalue weighted by Crippen LogP contribution is -2.10. The van der Waals surface area contributed by atoms with Crippen molar-refractivity contribution in [3.63, 3.8) is 0 Å². The second kappa shape index (κ2) is 3.51. The van der Waals surface area contributed by atoms with Crippen LogP contribution in [0.5, 0.6) is 0 Å². The predicted molar refractivity (Wildman–Crippen MR) is 41.7 cm³/mol. The Balaban J connectivity index is 2.04. The van der Waals surface area contributed by atoms with E-state index in [2.05, 4.69) is 0 Å². The number of nitrogens with one attached hydrogen (secondary N) is 1. The van der Waals surface area contributed by atoms with Gasteiger partial charge in [0, 0.05) is 5.71 Å². The van der Waals surface area contributed by atoms with Crippen molar-refractivity contribution in [3.8, 4) is 0 Å². The number of rotatable bonds is 4. The molecule has 3 heteroatoms. The van der Waals surface area contributed by atoms with Gasteiger partial charge >= 0.3 is 5.97 Å². The molecule has 0 aliphatic heterocycles. The van der Waals surface area contributed by atoms with Crippen LogP contribution < -0.4 is 0 Å². The predicted octanol–water partition coefficient (Wildman–Crippen LogP) is 1.37. The summed E-state index contributed by atoms with van der Waals surface area (Å²) < 4.78 is 4.90. The second-order valence-corrected chi connectivity index (χ2v) is 3.08. The van der Waals surface area contributed by atoms with Crippen LogP contribution >= 0.6 is 0 Å². The zero-order valence-electron chi connectivity index (χ0n) is 6.72. The van der Waals surface area contributed by atoms with Crippen molar-refractivity contribution >= 4 is 11.7 Å². The molecule has 0 spiro atoms. The van der Waals surface area contributed by atoms with Gasteiger partial charge < -0.3 is 10.1 Å². The van der Waals surface area contributed by atoms with Crippen molar-refractivity contribution in [2.75, 3.05) is 6.61 Å². The Morgan fingerprint density at radius 1 is 1.64 bits per heavy atom. The van der Waals surface area contributed by atoms with Crippen LogP contribution in [0.2, 0.25) is 0 Å². The first-order chi connectivity index (χ1) is 5.18. The van der Waals surface area contributed by atoms with Crippen molar-refractivity contribution in [2.45, 2.75) is 26.2 Å². The molecule has 3 nitrogen and oxygen atoms in total. The first-order valence-electron chi connectivity index (χ1n) is 3.88. The molecule has 1 aliphatic rings. The van der Waals surface area contributed by atoms with Crippen molar-refractivity contribution in [2.24, 2.45) is 5.92 Å². The first-order valence-corrected chi connectivity index (χ1v) is 3.88. The van der Waals surface area contributed by atoms with Gasteiger partial charge in [-0.15, -0.1) is 0 Å². The molecule has 0 unspecified atom stereocenters. The third-order valence-corrected chi connectivity index (χ3v) is 1.59. The molecule has 0 aromatic rings. The Bertz CT molecular complexity index is 173. The molecule has 1 aliphatic carbocycles. The minimum absolute atomic E-state index is 0.146. The molecule has 1 rings (SSSR count). The fourth-order valence-corrected chi connectivity index (χ4v) is 0.763. The van der Waals surface area contributed by atoms with Gasteiger partial charge in [-0.3, -0.25) is 4.79 Å². The van der Waals surface area contributed by atoms with E-state index < -0.39 is 0 Å². The third-order valence-electron chi connectivity index (χ3n) is 1.59. The lowest BCUT2D eigenvalue weighted by atomic mass is 10.3. The highest BCUT2D eigenvalue weighted by molar-refractivity contribution is 5.95. The summed E-state index contributed by atoms with van der Waals surface area (Å²) >= 11 is 0. The maximum atomic E-state index is 10.8. The highest BCUT2D eigenvalue weighted by atomic mass is 16.5. The van der Waals surface area contributed by atoms with E-state index >= 15 is 0 Å². The quantitative estimate of drug-likeness (QED) is 0.492. The highest BCUT2D eigenvalue weighted by Crippen LogP contribution is 2.28. The number of hydrogen-bond acceptors (Lipinski definition) is 3. The maximum absolute atomic E-state index is 10.8. The van der Waals surface area contributed by atoms with Crippen molar-refractivity contribution < 1.29 is 9.53 Å². The van der Waals surface area contributed by atoms with Crippen LogP contribution in [0.1, 0.15) is 26.2 Å². The van der Waals surface area contributed by atoms with Crippen LogP contribution in [-0.2, 0) is 9.53 Å². The molecule has 0 aromatic carbocycles. The summed E-state index contributed by atoms with van der Waals surface area (Å²) in [6.07, 6.45) is 2.53. The summed E-state index contributed by atoms with van der Waals surface area (Å²) in [6, 6.07) is 0. The molecule has 0 amide bonds. The molecule has 62 valence electrons. The monoisotopic (exact) mass is 155 g/mol. The van der Waals surface area contributed by atoms with E-state index in [4.69, 9.17) is 10.1 Å². The van der Waals surface area contributed by atoms with Gasteiger partial charge in [0.05, 0.1) is 13.0 Å². The number of esters is 1. The molecule has 0 aromatic heterocycles. The summed E-state index contributed by atoms with van der Waals surface area (Å²) in [6.45, 7) is 2.17. The van der Waals surface area contributed by atoms with E-state index in [0.29, 0.717) is 18.2 Å². The Labute approximate surface area is 66.2 Å². The number of hydrogen-bond donors (Lipinski definition) is 1. The van der Waals surface area contributed by atoms with E-state index in [1.807, 2.05) is 0 Å². The van der Waals surface area contributed by atoms with Gasteiger partial charge in [-0.1, -0.05) is 0 Å². The lowest BCUT2D eigenvalue weighted by molar-refractivity contribution is -0.142. The fraction of sp³-hybridized carbons (Fsp3) is 0.750. The highest BCUT2D eigenvalue weighted by Gasteiger charge is 2.22. The van der Waals surface area contributed by atoms with Crippen molar-refractivity contribution in [1.82, 2.24) is 0 Å². The second-order valence-electron chi connectivity index (χ2n) is 3.08. The number of ether oxygens (including phenoxy) is 1. The van der Waals surface area contributed by atoms with Gasteiger partial charge in [-0.25, -0.2) is 0 Å². The van der Waals surface area contributed by atoms with Gasteiger partial charge in [0.1, 0.15) is 0 Å². The standard InChI is InChI=1S/C8H13NO2/c1-6(9)4-8(10)11-5-7-2-3-7/h7,9H,2-5H2,1H3. The van der Waals surface area contributed by atoms with E-state index in [-0.39, 0.29) is 12.4 Å². The van der Waals surface area contributed by atoms with E-state index in [1.54, 1.807) is 6.92 Å². The molecule has 0 saturated heterocycles. The number of carbonyl (C=O) groups is 1. The average Bonchev–Trinajstić information content (AvgIpc) is 2.63. The van der Waals surface area contributed by atoms with Crippen LogP contribution in [0, 0.1) is 11.3 Å². The maximum Gasteiger partial charge on any atom is 0.311 e. The summed E-state index contributed by atoms with van der Waals surface area (Å²) in [7, 11) is 0. The van der Waals surface area contributed by atoms with Crippen LogP contribution in [0.3, 0.4) is 0 Å². The molecule has 1 N–H and O–H groups in total. The summed E-state index contributed by atoms with van der Waals surface area (Å²) in [5.74, 6) is 0.356. The largest absolute Gasteiger partial charge is 0.465 e. The minimum atomic E-state index is -0.260. The molecule has 11 heavy (non-hydrogen) atoms. The third kappa shape index (κ3) is 3.75. The molecular formula is C8H13NO2. The molecule has 0 heterocycles. The SMILES string of the molecule is CC(=N)CC(=O)OCC1CC1. The normalized spacial score (nSPS) is 16.1. The molecule has 0 bridgehead atoms. The van der Waals surface area contributed by atoms with Crippen molar-refractivity contribution in [3.05, 3.63) is 0 Å². The zero-order chi connectivity index (χ0) is 8.27. The Kier molecular flexibility index (Phi) is 2.63. The van der Waals surface area contributed by atoms with Crippen LogP contribution in [-0.4, -0.2) is 18.3 Å². The molecule has 0 radical (unpaired) electrons. The molecule has 0 atom stereocenters. The topological polar surface area (TPSA) is 50.2 Å². The van der Waals surface area contributed by atoms with Gasteiger partial charge in [0.15, 0.2) is 0 Å². The van der Waals surface area contributed by atoms with Crippen LogP contribution in [0.15, 0.2) is 0 Å². The van der Waals surface area contributed by atoms with Crippen molar-refractivity contribution in [1.29, 1.82) is 5.41 Å². The van der Waals surface area contributed by atoms with Gasteiger partial charge in [0.25, 0.3) is 0 Å². The Morgan fingerprint density at radius 2 is 2.27 bits per heavy atom. The lowest BCUT2D eigenvalue weighted by Gasteiger charge is -2.01. The average molecular weight is 155 g/mol. The Hall–Kier alpha value is -0.860. The fourth-order valence-electron chi connectivity index (χ4n) is 0.763.